The van der Waals surface area contributed by atoms with E-state index in [1.54, 1.807) is 29.0 Å². The lowest BCUT2D eigenvalue weighted by atomic mass is 10.3. The van der Waals surface area contributed by atoms with Crippen molar-refractivity contribution in [1.29, 1.82) is 0 Å². The Balaban J connectivity index is 2.32. The molecule has 1 amide bonds. The van der Waals surface area contributed by atoms with Gasteiger partial charge in [0.2, 0.25) is 0 Å². The Morgan fingerprint density at radius 1 is 1.35 bits per heavy atom. The van der Waals surface area contributed by atoms with E-state index in [-0.39, 0.29) is 5.69 Å². The van der Waals surface area contributed by atoms with Gasteiger partial charge in [-0.25, -0.2) is 9.97 Å². The Bertz CT molecular complexity index is 685. The number of furan rings is 1. The van der Waals surface area contributed by atoms with Crippen molar-refractivity contribution in [3.05, 3.63) is 42.7 Å². The molecule has 6 nitrogen and oxygen atoms in total. The first-order valence-corrected chi connectivity index (χ1v) is 4.93. The number of rotatable bonds is 2. The van der Waals surface area contributed by atoms with Crippen LogP contribution in [0.3, 0.4) is 0 Å². The van der Waals surface area contributed by atoms with Gasteiger partial charge in [-0.1, -0.05) is 0 Å². The summed E-state index contributed by atoms with van der Waals surface area (Å²) in [5.41, 5.74) is 6.55. The monoisotopic (exact) mass is 228 g/mol. The number of hydrogen-bond acceptors (Lipinski definition) is 4. The van der Waals surface area contributed by atoms with Crippen molar-refractivity contribution in [3.63, 3.8) is 0 Å². The minimum absolute atomic E-state index is 0.151. The molecule has 0 bridgehead atoms. The molecule has 3 heterocycles. The van der Waals surface area contributed by atoms with E-state index in [1.807, 2.05) is 6.07 Å². The zero-order valence-corrected chi connectivity index (χ0v) is 8.70. The molecule has 84 valence electrons. The summed E-state index contributed by atoms with van der Waals surface area (Å²) in [6, 6.07) is 5.38. The fourth-order valence-corrected chi connectivity index (χ4v) is 1.70. The summed E-state index contributed by atoms with van der Waals surface area (Å²) < 4.78 is 6.97. The van der Waals surface area contributed by atoms with Gasteiger partial charge in [0.25, 0.3) is 5.91 Å². The van der Waals surface area contributed by atoms with Crippen molar-refractivity contribution in [2.75, 3.05) is 0 Å². The van der Waals surface area contributed by atoms with Gasteiger partial charge in [0, 0.05) is 6.20 Å². The third-order valence-corrected chi connectivity index (χ3v) is 2.44. The Labute approximate surface area is 95.7 Å². The largest absolute Gasteiger partial charge is 0.463 e. The predicted octanol–water partition coefficient (Wildman–Crippen LogP) is 1.09. The molecule has 3 rings (SSSR count). The fraction of sp³-hybridized carbons (Fsp3) is 0. The predicted molar refractivity (Wildman–Crippen MR) is 59.2 cm³/mol. The van der Waals surface area contributed by atoms with Crippen molar-refractivity contribution < 1.29 is 9.21 Å². The molecule has 0 aliphatic rings. The van der Waals surface area contributed by atoms with E-state index in [1.165, 1.54) is 6.33 Å². The summed E-state index contributed by atoms with van der Waals surface area (Å²) in [5.74, 6) is 0.0717. The topological polar surface area (TPSA) is 86.4 Å². The minimum atomic E-state index is -0.600. The molecule has 3 aromatic heterocycles. The lowest BCUT2D eigenvalue weighted by molar-refractivity contribution is 0.0997. The van der Waals surface area contributed by atoms with Crippen LogP contribution in [0.4, 0.5) is 0 Å². The van der Waals surface area contributed by atoms with Crippen LogP contribution in [0.15, 0.2) is 41.4 Å². The van der Waals surface area contributed by atoms with Gasteiger partial charge in [-0.15, -0.1) is 0 Å². The highest BCUT2D eigenvalue weighted by molar-refractivity contribution is 5.96. The average molecular weight is 228 g/mol. The molecule has 0 spiro atoms. The molecule has 0 saturated carbocycles. The molecule has 0 unspecified atom stereocenters. The summed E-state index contributed by atoms with van der Waals surface area (Å²) in [6.07, 6.45) is 4.66. The van der Waals surface area contributed by atoms with E-state index in [0.717, 1.165) is 5.69 Å². The second kappa shape index (κ2) is 3.44. The van der Waals surface area contributed by atoms with E-state index in [2.05, 4.69) is 9.97 Å². The molecular formula is C11H8N4O2. The van der Waals surface area contributed by atoms with Gasteiger partial charge in [-0.05, 0) is 18.2 Å². The van der Waals surface area contributed by atoms with Gasteiger partial charge in [-0.2, -0.15) is 0 Å². The highest BCUT2D eigenvalue weighted by Crippen LogP contribution is 2.21. The van der Waals surface area contributed by atoms with Crippen molar-refractivity contribution in [3.8, 4) is 11.5 Å². The van der Waals surface area contributed by atoms with Crippen LogP contribution in [0.5, 0.6) is 0 Å². The summed E-state index contributed by atoms with van der Waals surface area (Å²) in [6.45, 7) is 0. The third-order valence-electron chi connectivity index (χ3n) is 2.44. The molecule has 0 fully saturated rings. The molecule has 0 atom stereocenters. The molecule has 0 aromatic carbocycles. The van der Waals surface area contributed by atoms with Crippen molar-refractivity contribution in [2.24, 2.45) is 5.73 Å². The van der Waals surface area contributed by atoms with Gasteiger partial charge in [0.15, 0.2) is 17.1 Å². The van der Waals surface area contributed by atoms with Gasteiger partial charge in [0.1, 0.15) is 6.33 Å². The Kier molecular flexibility index (Phi) is 1.94. The van der Waals surface area contributed by atoms with Gasteiger partial charge >= 0.3 is 0 Å². The van der Waals surface area contributed by atoms with Crippen LogP contribution >= 0.6 is 0 Å². The molecule has 0 saturated heterocycles. The maximum atomic E-state index is 11.2. The molecule has 3 aromatic rings. The number of aromatic nitrogens is 3. The average Bonchev–Trinajstić information content (AvgIpc) is 2.97. The van der Waals surface area contributed by atoms with Gasteiger partial charge < -0.3 is 10.2 Å². The standard InChI is InChI=1S/C11H8N4O2/c12-10(16)9-11-13-4-3-7(15(11)6-14-9)8-2-1-5-17-8/h1-6H,(H2,12,16). The molecule has 0 aliphatic heterocycles. The number of nitrogens with zero attached hydrogens (tertiary/aromatic N) is 3. The third kappa shape index (κ3) is 1.38. The van der Waals surface area contributed by atoms with Crippen molar-refractivity contribution >= 4 is 11.6 Å². The van der Waals surface area contributed by atoms with Crippen LogP contribution in [0.25, 0.3) is 17.1 Å². The molecule has 2 N–H and O–H groups in total. The van der Waals surface area contributed by atoms with Crippen LogP contribution in [-0.4, -0.2) is 20.3 Å². The van der Waals surface area contributed by atoms with Crippen LogP contribution in [0.1, 0.15) is 10.5 Å². The van der Waals surface area contributed by atoms with Gasteiger partial charge in [-0.3, -0.25) is 9.20 Å². The normalized spacial score (nSPS) is 10.8. The molecule has 17 heavy (non-hydrogen) atoms. The number of carbonyl (C=O) groups excluding carboxylic acids is 1. The fourth-order valence-electron chi connectivity index (χ4n) is 1.70. The number of fused-ring (bicyclic) bond motifs is 1. The van der Waals surface area contributed by atoms with Crippen molar-refractivity contribution in [2.45, 2.75) is 0 Å². The van der Waals surface area contributed by atoms with E-state index < -0.39 is 5.91 Å². The second-order valence-electron chi connectivity index (χ2n) is 3.46. The number of primary amides is 1. The number of nitrogens with two attached hydrogens (primary N) is 1. The number of hydrogen-bond donors (Lipinski definition) is 1. The van der Waals surface area contributed by atoms with Crippen molar-refractivity contribution in [1.82, 2.24) is 14.4 Å². The lowest BCUT2D eigenvalue weighted by Crippen LogP contribution is -2.12. The Hall–Kier alpha value is -2.63. The van der Waals surface area contributed by atoms with Crippen LogP contribution in [-0.2, 0) is 0 Å². The minimum Gasteiger partial charge on any atom is -0.463 e. The molecule has 0 radical (unpaired) electrons. The first-order chi connectivity index (χ1) is 8.27. The van der Waals surface area contributed by atoms with E-state index >= 15 is 0 Å². The number of amides is 1. The van der Waals surface area contributed by atoms with E-state index in [9.17, 15) is 4.79 Å². The quantitative estimate of drug-likeness (QED) is 0.711. The number of carbonyl (C=O) groups is 1. The maximum Gasteiger partial charge on any atom is 0.271 e. The zero-order valence-electron chi connectivity index (χ0n) is 8.70. The van der Waals surface area contributed by atoms with Crippen LogP contribution in [0.2, 0.25) is 0 Å². The summed E-state index contributed by atoms with van der Waals surface area (Å²) in [7, 11) is 0. The summed E-state index contributed by atoms with van der Waals surface area (Å²) in [5, 5.41) is 0. The molecule has 6 heteroatoms. The molecular weight excluding hydrogens is 220 g/mol. The highest BCUT2D eigenvalue weighted by Gasteiger charge is 2.14. The maximum absolute atomic E-state index is 11.2. The first-order valence-electron chi connectivity index (χ1n) is 4.93. The van der Waals surface area contributed by atoms with Crippen LogP contribution < -0.4 is 5.73 Å². The van der Waals surface area contributed by atoms with Gasteiger partial charge in [0.05, 0.1) is 12.0 Å². The lowest BCUT2D eigenvalue weighted by Gasteiger charge is -2.01. The first kappa shape index (κ1) is 9.59. The summed E-state index contributed by atoms with van der Waals surface area (Å²) >= 11 is 0. The molecule has 0 aliphatic carbocycles. The van der Waals surface area contributed by atoms with Crippen LogP contribution in [0, 0.1) is 0 Å². The smallest absolute Gasteiger partial charge is 0.271 e. The summed E-state index contributed by atoms with van der Waals surface area (Å²) in [4.78, 5) is 19.2. The SMILES string of the molecule is NC(=O)c1ncn2c(-c3ccco3)ccnc12. The van der Waals surface area contributed by atoms with E-state index in [0.29, 0.717) is 11.4 Å². The number of imidazole rings is 1. The Morgan fingerprint density at radius 3 is 2.94 bits per heavy atom. The zero-order chi connectivity index (χ0) is 11.8. The highest BCUT2D eigenvalue weighted by atomic mass is 16.3. The second-order valence-corrected chi connectivity index (χ2v) is 3.46. The van der Waals surface area contributed by atoms with E-state index in [4.69, 9.17) is 10.2 Å². The Morgan fingerprint density at radius 2 is 2.24 bits per heavy atom.